The van der Waals surface area contributed by atoms with Gasteiger partial charge in [-0.05, 0) is 47.6 Å². The Labute approximate surface area is 225 Å². The van der Waals surface area contributed by atoms with Crippen LogP contribution in [-0.2, 0) is 21.7 Å². The quantitative estimate of drug-likeness (QED) is 0.438. The Morgan fingerprint density at radius 1 is 0.973 bits per heavy atom. The van der Waals surface area contributed by atoms with E-state index in [0.29, 0.717) is 19.6 Å². The van der Waals surface area contributed by atoms with Crippen molar-refractivity contribution in [2.45, 2.75) is 25.0 Å². The van der Waals surface area contributed by atoms with Crippen LogP contribution >= 0.6 is 15.9 Å². The Kier molecular flexibility index (Phi) is 7.28. The first-order valence-electron chi connectivity index (χ1n) is 12.4. The Morgan fingerprint density at radius 2 is 1.62 bits per heavy atom. The Bertz CT molecular complexity index is 1280. The number of carbonyl (C=O) groups is 2. The highest BCUT2D eigenvalue weighted by molar-refractivity contribution is 9.10. The second-order valence-electron chi connectivity index (χ2n) is 9.49. The topological polar surface area (TPSA) is 85.7 Å². The number of piperidine rings is 1. The lowest BCUT2D eigenvalue weighted by Gasteiger charge is -2.33. The third-order valence-corrected chi connectivity index (χ3v) is 7.62. The number of rotatable bonds is 6. The molecule has 0 aromatic heterocycles. The molecule has 8 heteroatoms. The SMILES string of the molecule is N=C1NC(c2ccccc2)(c2cccc(Br)c2)C(=O)N1CC1CCN(C(=O)OCc2ccccc2)CC1. The fourth-order valence-electron chi connectivity index (χ4n) is 5.11. The van der Waals surface area contributed by atoms with Gasteiger partial charge in [0.25, 0.3) is 5.91 Å². The Morgan fingerprint density at radius 3 is 2.30 bits per heavy atom. The Balaban J connectivity index is 1.26. The summed E-state index contributed by atoms with van der Waals surface area (Å²) in [5.74, 6) is 0.114. The molecule has 2 fully saturated rings. The van der Waals surface area contributed by atoms with E-state index in [1.165, 1.54) is 0 Å². The second-order valence-corrected chi connectivity index (χ2v) is 10.4. The van der Waals surface area contributed by atoms with Gasteiger partial charge in [0.1, 0.15) is 6.61 Å². The molecule has 0 aliphatic carbocycles. The standard InChI is InChI=1S/C29H29BrN4O3/c30-25-13-7-12-24(18-25)29(23-10-5-2-6-11-23)26(35)34(27(31)32-29)19-21-14-16-33(17-15-21)28(36)37-20-22-8-3-1-4-9-22/h1-13,18,21H,14-17,19-20H2,(H2,31,32). The fraction of sp³-hybridized carbons (Fsp3) is 0.276. The van der Waals surface area contributed by atoms with Crippen LogP contribution in [0.15, 0.2) is 89.4 Å². The molecule has 7 nitrogen and oxygen atoms in total. The normalized spacial score (nSPS) is 20.1. The predicted octanol–water partition coefficient (Wildman–Crippen LogP) is 5.11. The summed E-state index contributed by atoms with van der Waals surface area (Å²) in [6, 6.07) is 26.9. The zero-order chi connectivity index (χ0) is 25.8. The molecule has 37 heavy (non-hydrogen) atoms. The first kappa shape index (κ1) is 25.0. The van der Waals surface area contributed by atoms with Gasteiger partial charge in [0.05, 0.1) is 0 Å². The molecule has 190 valence electrons. The van der Waals surface area contributed by atoms with Crippen LogP contribution in [0.25, 0.3) is 0 Å². The van der Waals surface area contributed by atoms with Gasteiger partial charge in [0, 0.05) is 24.1 Å². The van der Waals surface area contributed by atoms with E-state index < -0.39 is 5.54 Å². The first-order valence-corrected chi connectivity index (χ1v) is 13.2. The summed E-state index contributed by atoms with van der Waals surface area (Å²) < 4.78 is 6.35. The molecule has 0 spiro atoms. The van der Waals surface area contributed by atoms with E-state index >= 15 is 0 Å². The van der Waals surface area contributed by atoms with Crippen LogP contribution in [0.1, 0.15) is 29.5 Å². The number of amides is 2. The number of ether oxygens (including phenoxy) is 1. The molecule has 2 aliphatic rings. The van der Waals surface area contributed by atoms with Crippen LogP contribution in [0.5, 0.6) is 0 Å². The van der Waals surface area contributed by atoms with Crippen molar-refractivity contribution in [3.05, 3.63) is 106 Å². The molecular formula is C29H29BrN4O3. The van der Waals surface area contributed by atoms with E-state index in [0.717, 1.165) is 34.0 Å². The van der Waals surface area contributed by atoms with Gasteiger partial charge in [-0.25, -0.2) is 4.79 Å². The van der Waals surface area contributed by atoms with Crippen molar-refractivity contribution in [1.29, 1.82) is 5.41 Å². The third kappa shape index (κ3) is 5.11. The average Bonchev–Trinajstić information content (AvgIpc) is 3.19. The summed E-state index contributed by atoms with van der Waals surface area (Å²) in [6.45, 7) is 1.81. The van der Waals surface area contributed by atoms with Gasteiger partial charge in [-0.2, -0.15) is 0 Å². The molecule has 5 rings (SSSR count). The number of nitrogens with one attached hydrogen (secondary N) is 2. The third-order valence-electron chi connectivity index (χ3n) is 7.12. The van der Waals surface area contributed by atoms with Crippen molar-refractivity contribution < 1.29 is 14.3 Å². The molecule has 0 radical (unpaired) electrons. The lowest BCUT2D eigenvalue weighted by molar-refractivity contribution is -0.130. The summed E-state index contributed by atoms with van der Waals surface area (Å²) in [5.41, 5.74) is 1.36. The number of nitrogens with zero attached hydrogens (tertiary/aromatic N) is 2. The van der Waals surface area contributed by atoms with Gasteiger partial charge < -0.3 is 15.0 Å². The van der Waals surface area contributed by atoms with Gasteiger partial charge in [-0.1, -0.05) is 88.7 Å². The van der Waals surface area contributed by atoms with E-state index in [1.807, 2.05) is 84.9 Å². The van der Waals surface area contributed by atoms with Crippen molar-refractivity contribution in [2.75, 3.05) is 19.6 Å². The highest BCUT2D eigenvalue weighted by atomic mass is 79.9. The van der Waals surface area contributed by atoms with Crippen molar-refractivity contribution >= 4 is 33.9 Å². The zero-order valence-corrected chi connectivity index (χ0v) is 22.0. The minimum atomic E-state index is -1.16. The number of likely N-dealkylation sites (tertiary alicyclic amines) is 1. The maximum atomic E-state index is 14.0. The first-order chi connectivity index (χ1) is 18.0. The summed E-state index contributed by atoms with van der Waals surface area (Å²) in [5, 5.41) is 11.9. The van der Waals surface area contributed by atoms with Crippen molar-refractivity contribution in [2.24, 2.45) is 5.92 Å². The highest BCUT2D eigenvalue weighted by Crippen LogP contribution is 2.37. The summed E-state index contributed by atoms with van der Waals surface area (Å²) >= 11 is 3.53. The van der Waals surface area contributed by atoms with E-state index in [-0.39, 0.29) is 30.5 Å². The number of carbonyl (C=O) groups excluding carboxylic acids is 2. The van der Waals surface area contributed by atoms with Crippen LogP contribution in [0.4, 0.5) is 4.79 Å². The lowest BCUT2D eigenvalue weighted by atomic mass is 9.82. The Hall–Kier alpha value is -3.65. The zero-order valence-electron chi connectivity index (χ0n) is 20.4. The van der Waals surface area contributed by atoms with Crippen LogP contribution in [0, 0.1) is 11.3 Å². The van der Waals surface area contributed by atoms with Crippen LogP contribution < -0.4 is 5.32 Å². The molecule has 0 bridgehead atoms. The van der Waals surface area contributed by atoms with Crippen LogP contribution in [-0.4, -0.2) is 47.4 Å². The average molecular weight is 561 g/mol. The number of hydrogen-bond donors (Lipinski definition) is 2. The maximum Gasteiger partial charge on any atom is 0.410 e. The van der Waals surface area contributed by atoms with Crippen molar-refractivity contribution in [3.8, 4) is 0 Å². The summed E-state index contributed by atoms with van der Waals surface area (Å²) in [7, 11) is 0. The number of halogens is 1. The minimum absolute atomic E-state index is 0.0959. The molecule has 2 amide bonds. The molecule has 3 aromatic carbocycles. The van der Waals surface area contributed by atoms with Gasteiger partial charge in [-0.15, -0.1) is 0 Å². The van der Waals surface area contributed by atoms with Crippen molar-refractivity contribution in [3.63, 3.8) is 0 Å². The molecule has 2 N–H and O–H groups in total. The van der Waals surface area contributed by atoms with E-state index in [9.17, 15) is 9.59 Å². The van der Waals surface area contributed by atoms with Crippen LogP contribution in [0.2, 0.25) is 0 Å². The maximum absolute atomic E-state index is 14.0. The number of benzene rings is 3. The van der Waals surface area contributed by atoms with E-state index in [1.54, 1.807) is 9.80 Å². The minimum Gasteiger partial charge on any atom is -0.445 e. The molecule has 2 saturated heterocycles. The van der Waals surface area contributed by atoms with E-state index in [4.69, 9.17) is 10.1 Å². The van der Waals surface area contributed by atoms with E-state index in [2.05, 4.69) is 21.2 Å². The molecular weight excluding hydrogens is 532 g/mol. The molecule has 2 heterocycles. The van der Waals surface area contributed by atoms with Gasteiger partial charge in [0.15, 0.2) is 11.5 Å². The van der Waals surface area contributed by atoms with Crippen LogP contribution in [0.3, 0.4) is 0 Å². The molecule has 1 unspecified atom stereocenters. The summed E-state index contributed by atoms with van der Waals surface area (Å²) in [6.07, 6.45) is 1.17. The summed E-state index contributed by atoms with van der Waals surface area (Å²) in [4.78, 5) is 29.9. The fourth-order valence-corrected chi connectivity index (χ4v) is 5.51. The van der Waals surface area contributed by atoms with Gasteiger partial charge >= 0.3 is 6.09 Å². The molecule has 1 atom stereocenters. The smallest absolute Gasteiger partial charge is 0.410 e. The number of hydrogen-bond acceptors (Lipinski definition) is 4. The lowest BCUT2D eigenvalue weighted by Crippen LogP contribution is -2.46. The van der Waals surface area contributed by atoms with Gasteiger partial charge in [0.2, 0.25) is 0 Å². The van der Waals surface area contributed by atoms with Crippen molar-refractivity contribution in [1.82, 2.24) is 15.1 Å². The van der Waals surface area contributed by atoms with Gasteiger partial charge in [-0.3, -0.25) is 15.1 Å². The molecule has 0 saturated carbocycles. The molecule has 2 aliphatic heterocycles. The molecule has 3 aromatic rings. The monoisotopic (exact) mass is 560 g/mol. The predicted molar refractivity (Wildman–Crippen MR) is 145 cm³/mol. The largest absolute Gasteiger partial charge is 0.445 e. The highest BCUT2D eigenvalue weighted by Gasteiger charge is 2.52. The second kappa shape index (κ2) is 10.8. The number of guanidine groups is 1.